The molecular weight excluding hydrogens is 700 g/mol. The maximum atomic E-state index is 13.8. The standard InChI is InChI=1S/C38H48N8O6.ClH/c1-25-5-8-31(36(48)40-15-17-51-19-20-52-18-16-47)23-33(25)30-4-2-3-27(21-30)22-34(42-37(49)29-9-6-26(24-39)7-10-29)38(50)41-32-13-11-28(12-14-32)35-43-45-46-44-35;/h2-5,8,11-14,21,23,26,29,34,47H,6-7,9-10,15-20,22,24,39H2,1H3,(H,40,48)(H,41,50)(H,42,49)(H,43,44,45,46);1H/t26-,29-,34-;/m0./s1. The smallest absolute Gasteiger partial charge is 0.251 e. The predicted molar refractivity (Wildman–Crippen MR) is 203 cm³/mol. The van der Waals surface area contributed by atoms with Crippen molar-refractivity contribution in [2.24, 2.45) is 17.6 Å². The van der Waals surface area contributed by atoms with Crippen molar-refractivity contribution < 1.29 is 29.0 Å². The summed E-state index contributed by atoms with van der Waals surface area (Å²) in [5.74, 6) is 0.0832. The van der Waals surface area contributed by atoms with Crippen molar-refractivity contribution in [3.05, 3.63) is 83.4 Å². The predicted octanol–water partition coefficient (Wildman–Crippen LogP) is 3.45. The molecule has 1 heterocycles. The molecule has 1 saturated carbocycles. The Morgan fingerprint density at radius 3 is 2.40 bits per heavy atom. The van der Waals surface area contributed by atoms with Crippen molar-refractivity contribution in [2.75, 3.05) is 51.4 Å². The molecule has 14 nitrogen and oxygen atoms in total. The third-order valence-electron chi connectivity index (χ3n) is 9.27. The summed E-state index contributed by atoms with van der Waals surface area (Å²) in [6.07, 6.45) is 3.53. The third kappa shape index (κ3) is 12.2. The topological polar surface area (TPSA) is 206 Å². The van der Waals surface area contributed by atoms with Crippen LogP contribution in [0.4, 0.5) is 5.69 Å². The number of benzene rings is 3. The number of aryl methyl sites for hydroxylation is 1. The van der Waals surface area contributed by atoms with Gasteiger partial charge in [-0.15, -0.1) is 17.5 Å². The van der Waals surface area contributed by atoms with Gasteiger partial charge in [0.1, 0.15) is 6.04 Å². The van der Waals surface area contributed by atoms with Gasteiger partial charge in [-0.05, 0) is 114 Å². The van der Waals surface area contributed by atoms with Crippen molar-refractivity contribution in [1.82, 2.24) is 31.3 Å². The number of anilines is 1. The molecule has 0 saturated heterocycles. The number of aliphatic hydroxyl groups is 1. The van der Waals surface area contributed by atoms with Crippen molar-refractivity contribution in [3.63, 3.8) is 0 Å². The van der Waals surface area contributed by atoms with Gasteiger partial charge in [-0.2, -0.15) is 0 Å². The fraction of sp³-hybridized carbons (Fsp3) is 0.421. The lowest BCUT2D eigenvalue weighted by atomic mass is 9.81. The highest BCUT2D eigenvalue weighted by molar-refractivity contribution is 5.98. The summed E-state index contributed by atoms with van der Waals surface area (Å²) in [4.78, 5) is 40.3. The minimum absolute atomic E-state index is 0. The van der Waals surface area contributed by atoms with Crippen LogP contribution in [0.15, 0.2) is 66.7 Å². The number of nitrogens with one attached hydrogen (secondary N) is 4. The summed E-state index contributed by atoms with van der Waals surface area (Å²) in [5.41, 5.74) is 11.3. The first-order chi connectivity index (χ1) is 25.3. The number of H-pyrrole nitrogens is 1. The minimum atomic E-state index is -0.838. The van der Waals surface area contributed by atoms with Gasteiger partial charge >= 0.3 is 0 Å². The summed E-state index contributed by atoms with van der Waals surface area (Å²) in [7, 11) is 0. The number of carbonyl (C=O) groups is 3. The van der Waals surface area contributed by atoms with Crippen LogP contribution in [0.3, 0.4) is 0 Å². The van der Waals surface area contributed by atoms with Crippen LogP contribution in [-0.4, -0.2) is 95.6 Å². The van der Waals surface area contributed by atoms with E-state index in [1.165, 1.54) is 0 Å². The Morgan fingerprint density at radius 1 is 0.943 bits per heavy atom. The molecule has 15 heteroatoms. The largest absolute Gasteiger partial charge is 0.394 e. The number of nitrogens with zero attached hydrogens (tertiary/aromatic N) is 3. The second-order valence-corrected chi connectivity index (χ2v) is 13.0. The van der Waals surface area contributed by atoms with Gasteiger partial charge in [-0.25, -0.2) is 5.10 Å². The SMILES string of the molecule is Cc1ccc(C(=O)NCCOCCOCCO)cc1-c1cccc(C[C@H](NC(=O)[C@H]2CC[C@H](CN)CC2)C(=O)Nc2ccc(-c3nnn[nH]3)cc2)c1.Cl. The number of carbonyl (C=O) groups excluding carboxylic acids is 3. The number of ether oxygens (including phenoxy) is 2. The molecule has 0 aliphatic heterocycles. The number of hydrogen-bond acceptors (Lipinski definition) is 10. The molecule has 0 spiro atoms. The normalized spacial score (nSPS) is 15.9. The van der Waals surface area contributed by atoms with Crippen LogP contribution < -0.4 is 21.7 Å². The first-order valence-electron chi connectivity index (χ1n) is 17.7. The van der Waals surface area contributed by atoms with E-state index < -0.39 is 6.04 Å². The molecule has 3 amide bonds. The van der Waals surface area contributed by atoms with E-state index in [-0.39, 0.29) is 55.7 Å². The molecule has 3 aromatic carbocycles. The number of nitrogens with two attached hydrogens (primary N) is 1. The molecule has 1 fully saturated rings. The number of hydrogen-bond donors (Lipinski definition) is 6. The number of aliphatic hydroxyl groups excluding tert-OH is 1. The molecule has 1 aromatic heterocycles. The zero-order valence-electron chi connectivity index (χ0n) is 29.9. The lowest BCUT2D eigenvalue weighted by Gasteiger charge is -2.28. The fourth-order valence-electron chi connectivity index (χ4n) is 6.28. The average molecular weight is 749 g/mol. The minimum Gasteiger partial charge on any atom is -0.394 e. The van der Waals surface area contributed by atoms with Gasteiger partial charge in [0.25, 0.3) is 5.91 Å². The summed E-state index contributed by atoms with van der Waals surface area (Å²) in [6, 6.07) is 19.6. The van der Waals surface area contributed by atoms with E-state index in [4.69, 9.17) is 20.3 Å². The third-order valence-corrected chi connectivity index (χ3v) is 9.27. The van der Waals surface area contributed by atoms with E-state index in [0.717, 1.165) is 53.5 Å². The Labute approximate surface area is 315 Å². The van der Waals surface area contributed by atoms with E-state index in [0.29, 0.717) is 55.9 Å². The van der Waals surface area contributed by atoms with E-state index in [1.54, 1.807) is 30.3 Å². The van der Waals surface area contributed by atoms with Crippen LogP contribution in [0, 0.1) is 18.8 Å². The molecule has 0 bridgehead atoms. The summed E-state index contributed by atoms with van der Waals surface area (Å²) < 4.78 is 10.6. The Balaban J connectivity index is 0.00000627. The molecule has 0 radical (unpaired) electrons. The zero-order chi connectivity index (χ0) is 36.7. The van der Waals surface area contributed by atoms with Crippen LogP contribution >= 0.6 is 12.4 Å². The second-order valence-electron chi connectivity index (χ2n) is 13.0. The second kappa shape index (κ2) is 21.1. The highest BCUT2D eigenvalue weighted by Crippen LogP contribution is 2.29. The molecule has 0 unspecified atom stereocenters. The maximum absolute atomic E-state index is 13.8. The number of amides is 3. The quantitative estimate of drug-likeness (QED) is 0.0818. The highest BCUT2D eigenvalue weighted by Gasteiger charge is 2.29. The maximum Gasteiger partial charge on any atom is 0.251 e. The van der Waals surface area contributed by atoms with Gasteiger partial charge in [-0.3, -0.25) is 14.4 Å². The van der Waals surface area contributed by atoms with Gasteiger partial charge in [0.2, 0.25) is 11.8 Å². The number of halogens is 1. The van der Waals surface area contributed by atoms with Crippen LogP contribution in [0.2, 0.25) is 0 Å². The van der Waals surface area contributed by atoms with Crippen molar-refractivity contribution in [2.45, 2.75) is 45.1 Å². The lowest BCUT2D eigenvalue weighted by Crippen LogP contribution is -2.48. The average Bonchev–Trinajstić information content (AvgIpc) is 3.71. The number of aromatic amines is 1. The van der Waals surface area contributed by atoms with Crippen LogP contribution in [-0.2, 0) is 25.5 Å². The van der Waals surface area contributed by atoms with E-state index in [9.17, 15) is 14.4 Å². The summed E-state index contributed by atoms with van der Waals surface area (Å²) in [6.45, 7) is 4.25. The molecule has 53 heavy (non-hydrogen) atoms. The highest BCUT2D eigenvalue weighted by atomic mass is 35.5. The molecule has 1 aliphatic rings. The first-order valence-corrected chi connectivity index (χ1v) is 17.7. The number of tetrazole rings is 1. The Kier molecular flexibility index (Phi) is 16.3. The van der Waals surface area contributed by atoms with Gasteiger partial charge in [0.15, 0.2) is 5.82 Å². The molecule has 5 rings (SSSR count). The monoisotopic (exact) mass is 748 g/mol. The van der Waals surface area contributed by atoms with E-state index >= 15 is 0 Å². The number of aromatic nitrogens is 4. The molecule has 1 atom stereocenters. The number of rotatable bonds is 18. The van der Waals surface area contributed by atoms with E-state index in [2.05, 4.69) is 36.6 Å². The Bertz CT molecular complexity index is 1750. The van der Waals surface area contributed by atoms with Gasteiger partial charge < -0.3 is 36.3 Å². The molecule has 4 aromatic rings. The first kappa shape index (κ1) is 41.0. The molecular formula is C38H49ClN8O6. The zero-order valence-corrected chi connectivity index (χ0v) is 30.7. The molecule has 1 aliphatic carbocycles. The van der Waals surface area contributed by atoms with Crippen LogP contribution in [0.5, 0.6) is 0 Å². The van der Waals surface area contributed by atoms with Crippen molar-refractivity contribution in [3.8, 4) is 22.5 Å². The fourth-order valence-corrected chi connectivity index (χ4v) is 6.28. The lowest BCUT2D eigenvalue weighted by molar-refractivity contribution is -0.130. The van der Waals surface area contributed by atoms with Crippen molar-refractivity contribution in [1.29, 1.82) is 0 Å². The van der Waals surface area contributed by atoms with Crippen LogP contribution in [0.1, 0.15) is 47.2 Å². The Morgan fingerprint density at radius 2 is 1.70 bits per heavy atom. The molecule has 7 N–H and O–H groups in total. The van der Waals surface area contributed by atoms with Gasteiger partial charge in [0.05, 0.1) is 33.0 Å². The van der Waals surface area contributed by atoms with Crippen molar-refractivity contribution >= 4 is 35.8 Å². The van der Waals surface area contributed by atoms with Crippen LogP contribution in [0.25, 0.3) is 22.5 Å². The van der Waals surface area contributed by atoms with Gasteiger partial charge in [0, 0.05) is 35.7 Å². The van der Waals surface area contributed by atoms with E-state index in [1.807, 2.05) is 43.3 Å². The van der Waals surface area contributed by atoms with Gasteiger partial charge in [-0.1, -0.05) is 30.3 Å². The summed E-state index contributed by atoms with van der Waals surface area (Å²) in [5, 5.41) is 31.5. The summed E-state index contributed by atoms with van der Waals surface area (Å²) >= 11 is 0. The molecule has 284 valence electrons. The Hall–Kier alpha value is -4.73.